The summed E-state index contributed by atoms with van der Waals surface area (Å²) >= 11 is 0. The monoisotopic (exact) mass is 195 g/mol. The molecule has 0 radical (unpaired) electrons. The van der Waals surface area contributed by atoms with Crippen LogP contribution in [0.25, 0.3) is 0 Å². The standard InChI is InChI=1S/C14H13N/c1-12-6-5-7-13(10-12)14(11-15)8-3-2-4-9-14/h2-8,10H,9H2,1H3. The summed E-state index contributed by atoms with van der Waals surface area (Å²) in [5.41, 5.74) is 1.83. The van der Waals surface area contributed by atoms with Gasteiger partial charge in [0.05, 0.1) is 6.07 Å². The van der Waals surface area contributed by atoms with E-state index in [0.717, 1.165) is 12.0 Å². The van der Waals surface area contributed by atoms with Crippen molar-refractivity contribution < 1.29 is 0 Å². The van der Waals surface area contributed by atoms with Gasteiger partial charge in [-0.15, -0.1) is 0 Å². The van der Waals surface area contributed by atoms with Gasteiger partial charge in [0, 0.05) is 0 Å². The largest absolute Gasteiger partial charge is 0.197 e. The van der Waals surface area contributed by atoms with Crippen LogP contribution in [0.3, 0.4) is 0 Å². The van der Waals surface area contributed by atoms with Crippen molar-refractivity contribution in [3.05, 3.63) is 59.7 Å². The van der Waals surface area contributed by atoms with Crippen LogP contribution in [0.5, 0.6) is 0 Å². The first kappa shape index (κ1) is 9.73. The predicted molar refractivity (Wildman–Crippen MR) is 61.4 cm³/mol. The van der Waals surface area contributed by atoms with E-state index >= 15 is 0 Å². The molecule has 0 aliphatic heterocycles. The second-order valence-electron chi connectivity index (χ2n) is 3.94. The summed E-state index contributed by atoms with van der Waals surface area (Å²) in [6, 6.07) is 10.6. The van der Waals surface area contributed by atoms with Crippen LogP contribution >= 0.6 is 0 Å². The Labute approximate surface area is 90.4 Å². The summed E-state index contributed by atoms with van der Waals surface area (Å²) < 4.78 is 0. The van der Waals surface area contributed by atoms with E-state index in [-0.39, 0.29) is 0 Å². The fourth-order valence-corrected chi connectivity index (χ4v) is 1.90. The molecule has 0 saturated heterocycles. The Bertz CT molecular complexity index is 462. The van der Waals surface area contributed by atoms with Crippen LogP contribution in [0.2, 0.25) is 0 Å². The molecule has 1 nitrogen and oxygen atoms in total. The maximum Gasteiger partial charge on any atom is 0.104 e. The third-order valence-corrected chi connectivity index (χ3v) is 2.80. The zero-order valence-electron chi connectivity index (χ0n) is 8.77. The van der Waals surface area contributed by atoms with Crippen LogP contribution in [0.1, 0.15) is 17.5 Å². The lowest BCUT2D eigenvalue weighted by atomic mass is 9.76. The topological polar surface area (TPSA) is 23.8 Å². The molecule has 0 heterocycles. The normalized spacial score (nSPS) is 23.7. The van der Waals surface area contributed by atoms with E-state index in [9.17, 15) is 5.26 Å². The predicted octanol–water partition coefficient (Wildman–Crippen LogP) is 3.27. The Hall–Kier alpha value is -1.81. The average Bonchev–Trinajstić information content (AvgIpc) is 2.30. The molecule has 2 rings (SSSR count). The van der Waals surface area contributed by atoms with E-state index < -0.39 is 5.41 Å². The molecular formula is C14H13N. The number of allylic oxidation sites excluding steroid dienone is 4. The molecule has 1 heteroatoms. The number of aryl methyl sites for hydroxylation is 1. The van der Waals surface area contributed by atoms with Crippen molar-refractivity contribution in [3.8, 4) is 6.07 Å². The van der Waals surface area contributed by atoms with Gasteiger partial charge in [-0.1, -0.05) is 54.1 Å². The Morgan fingerprint density at radius 3 is 2.80 bits per heavy atom. The van der Waals surface area contributed by atoms with Crippen molar-refractivity contribution in [1.29, 1.82) is 5.26 Å². The first-order valence-corrected chi connectivity index (χ1v) is 5.10. The number of benzene rings is 1. The zero-order valence-corrected chi connectivity index (χ0v) is 8.77. The first-order valence-electron chi connectivity index (χ1n) is 5.10. The number of hydrogen-bond donors (Lipinski definition) is 0. The number of nitriles is 1. The summed E-state index contributed by atoms with van der Waals surface area (Å²) in [5, 5.41) is 9.35. The van der Waals surface area contributed by atoms with Crippen LogP contribution in [0, 0.1) is 18.3 Å². The molecule has 0 saturated carbocycles. The molecule has 15 heavy (non-hydrogen) atoms. The maximum absolute atomic E-state index is 9.35. The lowest BCUT2D eigenvalue weighted by molar-refractivity contribution is 0.690. The molecule has 0 fully saturated rings. The number of nitrogens with zero attached hydrogens (tertiary/aromatic N) is 1. The fourth-order valence-electron chi connectivity index (χ4n) is 1.90. The minimum absolute atomic E-state index is 0.458. The Morgan fingerprint density at radius 1 is 1.33 bits per heavy atom. The zero-order chi connectivity index (χ0) is 10.7. The molecule has 74 valence electrons. The summed E-state index contributed by atoms with van der Waals surface area (Å²) in [4.78, 5) is 0. The molecule has 1 aromatic carbocycles. The van der Waals surface area contributed by atoms with Crippen molar-refractivity contribution in [3.63, 3.8) is 0 Å². The lowest BCUT2D eigenvalue weighted by Gasteiger charge is -2.24. The summed E-state index contributed by atoms with van der Waals surface area (Å²) in [6.45, 7) is 2.05. The van der Waals surface area contributed by atoms with E-state index in [4.69, 9.17) is 0 Å². The fraction of sp³-hybridized carbons (Fsp3) is 0.214. The van der Waals surface area contributed by atoms with Crippen molar-refractivity contribution >= 4 is 0 Å². The number of rotatable bonds is 1. The van der Waals surface area contributed by atoms with Gasteiger partial charge in [-0.25, -0.2) is 0 Å². The molecule has 1 aliphatic carbocycles. The quantitative estimate of drug-likeness (QED) is 0.674. The highest BCUT2D eigenvalue weighted by Gasteiger charge is 2.28. The summed E-state index contributed by atoms with van der Waals surface area (Å²) in [5.74, 6) is 0. The van der Waals surface area contributed by atoms with Crippen LogP contribution in [0.15, 0.2) is 48.6 Å². The molecule has 0 N–H and O–H groups in total. The number of hydrogen-bond acceptors (Lipinski definition) is 1. The highest BCUT2D eigenvalue weighted by atomic mass is 14.4. The van der Waals surface area contributed by atoms with E-state index in [0.29, 0.717) is 0 Å². The third kappa shape index (κ3) is 1.71. The van der Waals surface area contributed by atoms with Crippen molar-refractivity contribution in [1.82, 2.24) is 0 Å². The SMILES string of the molecule is Cc1cccc(C2(C#N)C=CC=CC2)c1. The Kier molecular flexibility index (Phi) is 2.43. The van der Waals surface area contributed by atoms with Crippen LogP contribution in [-0.4, -0.2) is 0 Å². The van der Waals surface area contributed by atoms with Crippen LogP contribution in [-0.2, 0) is 5.41 Å². The lowest BCUT2D eigenvalue weighted by Crippen LogP contribution is -2.21. The van der Waals surface area contributed by atoms with Crippen molar-refractivity contribution in [2.75, 3.05) is 0 Å². The third-order valence-electron chi connectivity index (χ3n) is 2.80. The molecule has 1 unspecified atom stereocenters. The Balaban J connectivity index is 2.48. The summed E-state index contributed by atoms with van der Waals surface area (Å²) in [7, 11) is 0. The van der Waals surface area contributed by atoms with E-state index in [2.05, 4.69) is 25.1 Å². The molecular weight excluding hydrogens is 182 g/mol. The van der Waals surface area contributed by atoms with Crippen LogP contribution < -0.4 is 0 Å². The maximum atomic E-state index is 9.35. The van der Waals surface area contributed by atoms with Crippen molar-refractivity contribution in [2.24, 2.45) is 0 Å². The van der Waals surface area contributed by atoms with Gasteiger partial charge in [-0.3, -0.25) is 0 Å². The van der Waals surface area contributed by atoms with Gasteiger partial charge in [0.1, 0.15) is 5.41 Å². The van der Waals surface area contributed by atoms with E-state index in [1.54, 1.807) is 0 Å². The van der Waals surface area contributed by atoms with Crippen LogP contribution in [0.4, 0.5) is 0 Å². The van der Waals surface area contributed by atoms with E-state index in [1.807, 2.05) is 36.4 Å². The second-order valence-corrected chi connectivity index (χ2v) is 3.94. The van der Waals surface area contributed by atoms with Crippen molar-refractivity contribution in [2.45, 2.75) is 18.8 Å². The molecule has 0 aromatic heterocycles. The minimum atomic E-state index is -0.458. The summed E-state index contributed by atoms with van der Waals surface area (Å²) in [6.07, 6.45) is 8.75. The smallest absolute Gasteiger partial charge is 0.104 e. The molecule has 0 spiro atoms. The van der Waals surface area contributed by atoms with Gasteiger partial charge in [-0.05, 0) is 18.9 Å². The first-order chi connectivity index (χ1) is 7.27. The molecule has 1 aliphatic rings. The second kappa shape index (κ2) is 3.74. The van der Waals surface area contributed by atoms with Gasteiger partial charge >= 0.3 is 0 Å². The van der Waals surface area contributed by atoms with Gasteiger partial charge in [0.15, 0.2) is 0 Å². The minimum Gasteiger partial charge on any atom is -0.197 e. The molecule has 0 amide bonds. The van der Waals surface area contributed by atoms with Gasteiger partial charge in [0.25, 0.3) is 0 Å². The molecule has 1 aromatic rings. The van der Waals surface area contributed by atoms with E-state index in [1.165, 1.54) is 5.56 Å². The molecule has 0 bridgehead atoms. The molecule has 1 atom stereocenters. The van der Waals surface area contributed by atoms with Gasteiger partial charge in [-0.2, -0.15) is 5.26 Å². The highest BCUT2D eigenvalue weighted by Crippen LogP contribution is 2.32. The van der Waals surface area contributed by atoms with Gasteiger partial charge in [0.2, 0.25) is 0 Å². The Morgan fingerprint density at radius 2 is 2.20 bits per heavy atom. The average molecular weight is 195 g/mol. The van der Waals surface area contributed by atoms with Gasteiger partial charge < -0.3 is 0 Å². The highest BCUT2D eigenvalue weighted by molar-refractivity contribution is 5.43.